The number of benzene rings is 1. The summed E-state index contributed by atoms with van der Waals surface area (Å²) in [4.78, 5) is 4.10. The summed E-state index contributed by atoms with van der Waals surface area (Å²) in [6.45, 7) is 0. The number of aromatic nitrogens is 1. The lowest BCUT2D eigenvalue weighted by molar-refractivity contribution is 0.618. The Bertz CT molecular complexity index is 563. The van der Waals surface area contributed by atoms with Crippen LogP contribution < -0.4 is 5.43 Å². The van der Waals surface area contributed by atoms with Crippen LogP contribution in [0.5, 0.6) is 0 Å². The van der Waals surface area contributed by atoms with Crippen molar-refractivity contribution in [3.8, 4) is 0 Å². The first-order valence-corrected chi connectivity index (χ1v) is 6.20. The zero-order valence-corrected chi connectivity index (χ0v) is 10.4. The molecule has 0 amide bonds. The predicted molar refractivity (Wildman–Crippen MR) is 72.7 cm³/mol. The summed E-state index contributed by atoms with van der Waals surface area (Å²) in [6.07, 6.45) is 2.66. The van der Waals surface area contributed by atoms with Gasteiger partial charge < -0.3 is 5.43 Å². The van der Waals surface area contributed by atoms with Crippen molar-refractivity contribution < 1.29 is 0 Å². The third kappa shape index (κ3) is 2.22. The second-order valence-electron chi connectivity index (χ2n) is 4.22. The molecule has 0 radical (unpaired) electrons. The zero-order chi connectivity index (χ0) is 12.4. The minimum absolute atomic E-state index is 0.185. The smallest absolute Gasteiger partial charge is 0.129 e. The first-order valence-electron chi connectivity index (χ1n) is 5.82. The monoisotopic (exact) mass is 257 g/mol. The van der Waals surface area contributed by atoms with Crippen molar-refractivity contribution in [1.29, 1.82) is 0 Å². The Kier molecular flexibility index (Phi) is 2.99. The van der Waals surface area contributed by atoms with E-state index >= 15 is 0 Å². The largest absolute Gasteiger partial charge is 0.302 e. The molecule has 0 saturated heterocycles. The molecule has 3 nitrogen and oxygen atoms in total. The average Bonchev–Trinajstić information content (AvgIpc) is 2.90. The van der Waals surface area contributed by atoms with E-state index in [0.717, 1.165) is 23.3 Å². The highest BCUT2D eigenvalue weighted by Crippen LogP contribution is 2.24. The molecule has 1 aromatic carbocycles. The number of hydrogen-bond donors (Lipinski definition) is 1. The molecule has 0 fully saturated rings. The van der Waals surface area contributed by atoms with Crippen LogP contribution in [0.25, 0.3) is 0 Å². The molecule has 1 unspecified atom stereocenters. The molecule has 0 spiro atoms. The van der Waals surface area contributed by atoms with Gasteiger partial charge in [-0.2, -0.15) is 5.10 Å². The van der Waals surface area contributed by atoms with E-state index in [-0.39, 0.29) is 6.04 Å². The fourth-order valence-corrected chi connectivity index (χ4v) is 2.15. The molecule has 3 rings (SSSR count). The van der Waals surface area contributed by atoms with Gasteiger partial charge in [-0.05, 0) is 17.2 Å². The zero-order valence-electron chi connectivity index (χ0n) is 9.68. The van der Waals surface area contributed by atoms with E-state index in [2.05, 4.69) is 27.6 Å². The van der Waals surface area contributed by atoms with Crippen molar-refractivity contribution in [1.82, 2.24) is 10.4 Å². The second-order valence-corrected chi connectivity index (χ2v) is 4.61. The van der Waals surface area contributed by atoms with E-state index in [9.17, 15) is 0 Å². The van der Waals surface area contributed by atoms with Crippen LogP contribution in [-0.2, 0) is 0 Å². The lowest BCUT2D eigenvalue weighted by atomic mass is 10.0. The summed E-state index contributed by atoms with van der Waals surface area (Å²) >= 11 is 5.78. The van der Waals surface area contributed by atoms with Gasteiger partial charge in [-0.1, -0.05) is 48.0 Å². The van der Waals surface area contributed by atoms with Gasteiger partial charge in [0.15, 0.2) is 0 Å². The van der Waals surface area contributed by atoms with Crippen LogP contribution in [0.15, 0.2) is 53.8 Å². The number of nitrogens with zero attached hydrogens (tertiary/aromatic N) is 2. The van der Waals surface area contributed by atoms with Gasteiger partial charge in [-0.25, -0.2) is 4.98 Å². The highest BCUT2D eigenvalue weighted by molar-refractivity contribution is 6.29. The van der Waals surface area contributed by atoms with Crippen LogP contribution in [0.1, 0.15) is 23.6 Å². The van der Waals surface area contributed by atoms with Gasteiger partial charge >= 0.3 is 0 Å². The molecule has 0 bridgehead atoms. The number of hydrogen-bond acceptors (Lipinski definition) is 3. The SMILES string of the molecule is Clc1ccc(C2CC(c3ccccc3)=NN2)cn1. The third-order valence-electron chi connectivity index (χ3n) is 3.01. The summed E-state index contributed by atoms with van der Waals surface area (Å²) in [7, 11) is 0. The van der Waals surface area contributed by atoms with Crippen molar-refractivity contribution in [3.63, 3.8) is 0 Å². The summed E-state index contributed by atoms with van der Waals surface area (Å²) in [5.41, 5.74) is 6.49. The highest BCUT2D eigenvalue weighted by Gasteiger charge is 2.21. The molecular formula is C14H12ClN3. The normalized spacial score (nSPS) is 18.3. The molecule has 18 heavy (non-hydrogen) atoms. The molecule has 1 N–H and O–H groups in total. The lowest BCUT2D eigenvalue weighted by Crippen LogP contribution is -2.10. The van der Waals surface area contributed by atoms with Crippen LogP contribution in [0.4, 0.5) is 0 Å². The molecule has 2 heterocycles. The number of halogens is 1. The molecule has 1 aliphatic rings. The first kappa shape index (κ1) is 11.2. The van der Waals surface area contributed by atoms with E-state index in [1.807, 2.05) is 24.3 Å². The standard InChI is InChI=1S/C14H12ClN3/c15-14-7-6-11(9-16-14)13-8-12(17-18-13)10-4-2-1-3-5-10/h1-7,9,13,18H,8H2. The Labute approximate surface area is 111 Å². The van der Waals surface area contributed by atoms with Gasteiger partial charge in [0.05, 0.1) is 11.8 Å². The van der Waals surface area contributed by atoms with Crippen molar-refractivity contribution in [3.05, 3.63) is 64.9 Å². The van der Waals surface area contributed by atoms with Gasteiger partial charge in [-0.15, -0.1) is 0 Å². The van der Waals surface area contributed by atoms with Crippen LogP contribution in [0.3, 0.4) is 0 Å². The minimum atomic E-state index is 0.185. The van der Waals surface area contributed by atoms with Crippen molar-refractivity contribution in [2.24, 2.45) is 5.10 Å². The maximum atomic E-state index is 5.78. The van der Waals surface area contributed by atoms with Crippen molar-refractivity contribution in [2.75, 3.05) is 0 Å². The molecule has 1 aromatic heterocycles. The Balaban J connectivity index is 1.76. The van der Waals surface area contributed by atoms with Crippen LogP contribution >= 0.6 is 11.6 Å². The number of pyridine rings is 1. The third-order valence-corrected chi connectivity index (χ3v) is 3.24. The van der Waals surface area contributed by atoms with E-state index in [0.29, 0.717) is 5.15 Å². The number of nitrogens with one attached hydrogen (secondary N) is 1. The van der Waals surface area contributed by atoms with Gasteiger partial charge in [0.2, 0.25) is 0 Å². The van der Waals surface area contributed by atoms with Crippen LogP contribution in [-0.4, -0.2) is 10.7 Å². The fourth-order valence-electron chi connectivity index (χ4n) is 2.04. The lowest BCUT2D eigenvalue weighted by Gasteiger charge is -2.09. The Morgan fingerprint density at radius 2 is 1.94 bits per heavy atom. The molecule has 90 valence electrons. The van der Waals surface area contributed by atoms with Crippen LogP contribution in [0, 0.1) is 0 Å². The number of rotatable bonds is 2. The molecule has 1 atom stereocenters. The molecule has 0 aliphatic carbocycles. The molecular weight excluding hydrogens is 246 g/mol. The Morgan fingerprint density at radius 3 is 2.67 bits per heavy atom. The summed E-state index contributed by atoms with van der Waals surface area (Å²) in [6, 6.07) is 14.2. The van der Waals surface area contributed by atoms with E-state index in [4.69, 9.17) is 11.6 Å². The maximum absolute atomic E-state index is 5.78. The molecule has 4 heteroatoms. The second kappa shape index (κ2) is 4.78. The van der Waals surface area contributed by atoms with Gasteiger partial charge in [0.1, 0.15) is 5.15 Å². The van der Waals surface area contributed by atoms with Gasteiger partial charge in [0.25, 0.3) is 0 Å². The fraction of sp³-hybridized carbons (Fsp3) is 0.143. The minimum Gasteiger partial charge on any atom is -0.302 e. The van der Waals surface area contributed by atoms with Crippen LogP contribution in [0.2, 0.25) is 5.15 Å². The highest BCUT2D eigenvalue weighted by atomic mass is 35.5. The van der Waals surface area contributed by atoms with E-state index in [1.54, 1.807) is 12.3 Å². The Morgan fingerprint density at radius 1 is 1.11 bits per heavy atom. The van der Waals surface area contributed by atoms with E-state index < -0.39 is 0 Å². The summed E-state index contributed by atoms with van der Waals surface area (Å²) in [5, 5.41) is 4.91. The summed E-state index contributed by atoms with van der Waals surface area (Å²) < 4.78 is 0. The molecule has 2 aromatic rings. The summed E-state index contributed by atoms with van der Waals surface area (Å²) in [5.74, 6) is 0. The quantitative estimate of drug-likeness (QED) is 0.839. The van der Waals surface area contributed by atoms with Gasteiger partial charge in [-0.3, -0.25) is 0 Å². The predicted octanol–water partition coefficient (Wildman–Crippen LogP) is 3.17. The average molecular weight is 258 g/mol. The maximum Gasteiger partial charge on any atom is 0.129 e. The topological polar surface area (TPSA) is 37.3 Å². The van der Waals surface area contributed by atoms with Gasteiger partial charge in [0, 0.05) is 12.6 Å². The van der Waals surface area contributed by atoms with E-state index in [1.165, 1.54) is 0 Å². The van der Waals surface area contributed by atoms with Crippen molar-refractivity contribution in [2.45, 2.75) is 12.5 Å². The number of hydrazone groups is 1. The van der Waals surface area contributed by atoms with Crippen molar-refractivity contribution >= 4 is 17.3 Å². The Hall–Kier alpha value is -1.87. The first-order chi connectivity index (χ1) is 8.83. The molecule has 0 saturated carbocycles. The molecule has 1 aliphatic heterocycles.